The van der Waals surface area contributed by atoms with Crippen molar-refractivity contribution in [2.24, 2.45) is 0 Å². The number of hydrogen-bond acceptors (Lipinski definition) is 2. The van der Waals surface area contributed by atoms with Crippen LogP contribution in [-0.4, -0.2) is 31.1 Å². The molecule has 1 fully saturated rings. The first-order valence-electron chi connectivity index (χ1n) is 7.19. The number of hydrogen-bond donors (Lipinski definition) is 0. The van der Waals surface area contributed by atoms with Crippen LogP contribution in [0.3, 0.4) is 0 Å². The summed E-state index contributed by atoms with van der Waals surface area (Å²) >= 11 is 0. The third kappa shape index (κ3) is 3.52. The predicted octanol–water partition coefficient (Wildman–Crippen LogP) is 3.29. The summed E-state index contributed by atoms with van der Waals surface area (Å²) < 4.78 is 12.9. The van der Waals surface area contributed by atoms with Gasteiger partial charge in [-0.25, -0.2) is 4.39 Å². The lowest BCUT2D eigenvalue weighted by Crippen LogP contribution is -2.45. The summed E-state index contributed by atoms with van der Waals surface area (Å²) in [6, 6.07) is 13.7. The van der Waals surface area contributed by atoms with Crippen molar-refractivity contribution in [3.63, 3.8) is 0 Å². The molecule has 3 rings (SSSR count). The zero-order chi connectivity index (χ0) is 14.7. The second kappa shape index (κ2) is 6.14. The third-order valence-corrected chi connectivity index (χ3v) is 3.89. The Morgan fingerprint density at radius 3 is 2.10 bits per heavy atom. The first-order valence-corrected chi connectivity index (χ1v) is 7.19. The molecule has 0 atom stereocenters. The molecule has 0 saturated carbocycles. The molecule has 1 aliphatic heterocycles. The van der Waals surface area contributed by atoms with Crippen LogP contribution in [0.1, 0.15) is 5.56 Å². The molecular formula is C17H18FN2O. The second-order valence-corrected chi connectivity index (χ2v) is 5.38. The largest absolute Gasteiger partial charge is 0.369 e. The number of piperazine rings is 1. The van der Waals surface area contributed by atoms with E-state index in [1.165, 1.54) is 12.1 Å². The molecule has 4 heteroatoms. The molecule has 1 saturated heterocycles. The zero-order valence-corrected chi connectivity index (χ0v) is 11.8. The lowest BCUT2D eigenvalue weighted by Gasteiger charge is -2.36. The summed E-state index contributed by atoms with van der Waals surface area (Å²) in [4.78, 5) is 4.66. The monoisotopic (exact) mass is 285 g/mol. The fraction of sp³-hybridized carbons (Fsp3) is 0.294. The lowest BCUT2D eigenvalue weighted by molar-refractivity contribution is 0.250. The maximum Gasteiger partial charge on any atom is 0.178 e. The van der Waals surface area contributed by atoms with Gasteiger partial charge in [-0.2, -0.15) is 0 Å². The van der Waals surface area contributed by atoms with E-state index in [-0.39, 0.29) is 11.6 Å². The Morgan fingerprint density at radius 2 is 1.48 bits per heavy atom. The Bertz CT molecular complexity index is 575. The molecule has 1 aliphatic rings. The molecule has 0 unspecified atom stereocenters. The van der Waals surface area contributed by atoms with Gasteiger partial charge in [-0.3, -0.25) is 10.0 Å². The Hall–Kier alpha value is -2.07. The van der Waals surface area contributed by atoms with Crippen molar-refractivity contribution in [3.05, 3.63) is 59.9 Å². The highest BCUT2D eigenvalue weighted by Gasteiger charge is 2.17. The number of rotatable bonds is 3. The zero-order valence-electron chi connectivity index (χ0n) is 11.8. The number of halogens is 1. The summed E-state index contributed by atoms with van der Waals surface area (Å²) in [5.41, 5.74) is 2.25. The second-order valence-electron chi connectivity index (χ2n) is 5.38. The van der Waals surface area contributed by atoms with Gasteiger partial charge >= 0.3 is 0 Å². The van der Waals surface area contributed by atoms with Crippen molar-refractivity contribution in [3.8, 4) is 5.75 Å². The van der Waals surface area contributed by atoms with Gasteiger partial charge in [-0.05, 0) is 42.0 Å². The molecule has 0 aromatic heterocycles. The molecule has 3 nitrogen and oxygen atoms in total. The molecule has 1 radical (unpaired) electrons. The first kappa shape index (κ1) is 13.9. The average Bonchev–Trinajstić information content (AvgIpc) is 2.51. The van der Waals surface area contributed by atoms with Crippen molar-refractivity contribution in [2.45, 2.75) is 6.54 Å². The van der Waals surface area contributed by atoms with E-state index in [0.717, 1.165) is 44.0 Å². The molecule has 21 heavy (non-hydrogen) atoms. The van der Waals surface area contributed by atoms with E-state index >= 15 is 0 Å². The quantitative estimate of drug-likeness (QED) is 0.865. The van der Waals surface area contributed by atoms with Gasteiger partial charge in [0.2, 0.25) is 0 Å². The van der Waals surface area contributed by atoms with Crippen molar-refractivity contribution in [2.75, 3.05) is 31.1 Å². The van der Waals surface area contributed by atoms with E-state index in [4.69, 9.17) is 0 Å². The van der Waals surface area contributed by atoms with Crippen molar-refractivity contribution in [1.82, 2.24) is 4.90 Å². The minimum atomic E-state index is -0.189. The van der Waals surface area contributed by atoms with Crippen LogP contribution in [-0.2, 0) is 11.7 Å². The topological polar surface area (TPSA) is 26.4 Å². The molecule has 0 spiro atoms. The maximum atomic E-state index is 12.9. The van der Waals surface area contributed by atoms with E-state index in [9.17, 15) is 9.50 Å². The molecule has 1 heterocycles. The van der Waals surface area contributed by atoms with E-state index < -0.39 is 0 Å². The highest BCUT2D eigenvalue weighted by atomic mass is 19.1. The molecular weight excluding hydrogens is 267 g/mol. The highest BCUT2D eigenvalue weighted by molar-refractivity contribution is 5.49. The Kier molecular flexibility index (Phi) is 4.06. The van der Waals surface area contributed by atoms with Gasteiger partial charge in [-0.1, -0.05) is 12.1 Å². The summed E-state index contributed by atoms with van der Waals surface area (Å²) in [6.45, 7) is 4.68. The van der Waals surface area contributed by atoms with E-state index in [1.807, 2.05) is 24.3 Å². The van der Waals surface area contributed by atoms with Crippen LogP contribution in [0.2, 0.25) is 0 Å². The maximum absolute atomic E-state index is 12.9. The summed E-state index contributed by atoms with van der Waals surface area (Å²) in [6.07, 6.45) is 0. The van der Waals surface area contributed by atoms with Gasteiger partial charge in [0.1, 0.15) is 5.82 Å². The minimum Gasteiger partial charge on any atom is -0.369 e. The minimum absolute atomic E-state index is 0.0497. The molecule has 109 valence electrons. The fourth-order valence-corrected chi connectivity index (χ4v) is 2.67. The van der Waals surface area contributed by atoms with Crippen LogP contribution in [0.4, 0.5) is 10.1 Å². The van der Waals surface area contributed by atoms with Crippen LogP contribution in [0.5, 0.6) is 5.75 Å². The van der Waals surface area contributed by atoms with Gasteiger partial charge in [0.25, 0.3) is 0 Å². The molecule has 0 bridgehead atoms. The number of anilines is 1. The van der Waals surface area contributed by atoms with E-state index in [2.05, 4.69) is 9.80 Å². The lowest BCUT2D eigenvalue weighted by atomic mass is 10.2. The first-order chi connectivity index (χ1) is 10.2. The SMILES string of the molecule is [O]c1ccc(N2CCN(Cc3ccc(F)cc3)CC2)cc1. The van der Waals surface area contributed by atoms with Crippen molar-refractivity contribution in [1.29, 1.82) is 0 Å². The summed E-state index contributed by atoms with van der Waals surface area (Å²) in [5.74, 6) is -0.140. The molecule has 2 aromatic rings. The summed E-state index contributed by atoms with van der Waals surface area (Å²) in [5, 5.41) is 11.1. The Labute approximate surface area is 124 Å². The predicted molar refractivity (Wildman–Crippen MR) is 80.5 cm³/mol. The van der Waals surface area contributed by atoms with Gasteiger partial charge in [0.15, 0.2) is 5.75 Å². The smallest absolute Gasteiger partial charge is 0.178 e. The molecule has 0 aliphatic carbocycles. The molecule has 0 amide bonds. The normalized spacial score (nSPS) is 16.1. The standard InChI is InChI=1S/C17H18FN2O/c18-15-3-1-14(2-4-15)13-19-9-11-20(12-10-19)16-5-7-17(21)8-6-16/h1-8H,9-13H2. The van der Waals surface area contributed by atoms with E-state index in [1.54, 1.807) is 12.1 Å². The number of benzene rings is 2. The van der Waals surface area contributed by atoms with Crippen LogP contribution >= 0.6 is 0 Å². The Balaban J connectivity index is 1.55. The van der Waals surface area contributed by atoms with Crippen molar-refractivity contribution < 1.29 is 9.50 Å². The summed E-state index contributed by atoms with van der Waals surface area (Å²) in [7, 11) is 0. The van der Waals surface area contributed by atoms with Crippen LogP contribution in [0.25, 0.3) is 0 Å². The highest BCUT2D eigenvalue weighted by Crippen LogP contribution is 2.20. The van der Waals surface area contributed by atoms with E-state index in [0.29, 0.717) is 0 Å². The average molecular weight is 285 g/mol. The van der Waals surface area contributed by atoms with Gasteiger partial charge in [-0.15, -0.1) is 0 Å². The van der Waals surface area contributed by atoms with Crippen LogP contribution in [0.15, 0.2) is 48.5 Å². The van der Waals surface area contributed by atoms with Crippen molar-refractivity contribution >= 4 is 5.69 Å². The molecule has 2 aromatic carbocycles. The van der Waals surface area contributed by atoms with Crippen LogP contribution < -0.4 is 4.90 Å². The number of nitrogens with zero attached hydrogens (tertiary/aromatic N) is 2. The van der Waals surface area contributed by atoms with Gasteiger partial charge in [0.05, 0.1) is 0 Å². The third-order valence-electron chi connectivity index (χ3n) is 3.89. The molecule has 0 N–H and O–H groups in total. The van der Waals surface area contributed by atoms with Crippen LogP contribution in [0, 0.1) is 5.82 Å². The Morgan fingerprint density at radius 1 is 0.857 bits per heavy atom. The van der Waals surface area contributed by atoms with Gasteiger partial charge < -0.3 is 4.90 Å². The fourth-order valence-electron chi connectivity index (χ4n) is 2.67. The van der Waals surface area contributed by atoms with Gasteiger partial charge in [0, 0.05) is 38.4 Å².